The van der Waals surface area contributed by atoms with Gasteiger partial charge in [0.15, 0.2) is 0 Å². The smallest absolute Gasteiger partial charge is 0.312 e. The molecule has 0 fully saturated rings. The Balaban J connectivity index is 2.10. The number of hydrogen-bond acceptors (Lipinski definition) is 4. The lowest BCUT2D eigenvalue weighted by molar-refractivity contribution is -0.139. The van der Waals surface area contributed by atoms with E-state index in [1.807, 2.05) is 11.8 Å². The summed E-state index contributed by atoms with van der Waals surface area (Å²) in [7, 11) is 0. The summed E-state index contributed by atoms with van der Waals surface area (Å²) in [6.07, 6.45) is 3.91. The third kappa shape index (κ3) is 3.01. The number of aromatic nitrogens is 1. The molecule has 17 heavy (non-hydrogen) atoms. The highest BCUT2D eigenvalue weighted by molar-refractivity contribution is 7.98. The average Bonchev–Trinajstić information content (AvgIpc) is 2.71. The molecule has 3 nitrogen and oxygen atoms in total. The molecule has 5 heteroatoms. The number of fused-ring (bicyclic) bond motifs is 1. The first-order valence-electron chi connectivity index (χ1n) is 6.01. The van der Waals surface area contributed by atoms with E-state index in [1.54, 1.807) is 11.3 Å². The molecule has 1 heterocycles. The second-order valence-electron chi connectivity index (χ2n) is 4.25. The predicted molar refractivity (Wildman–Crippen MR) is 71.9 cm³/mol. The van der Waals surface area contributed by atoms with Gasteiger partial charge in [-0.05, 0) is 31.4 Å². The Morgan fingerprint density at radius 1 is 1.65 bits per heavy atom. The lowest BCUT2D eigenvalue weighted by Gasteiger charge is -2.16. The van der Waals surface area contributed by atoms with Crippen LogP contribution in [0.2, 0.25) is 0 Å². The molecule has 1 aromatic heterocycles. The van der Waals surface area contributed by atoms with E-state index in [1.165, 1.54) is 11.3 Å². The largest absolute Gasteiger partial charge is 0.481 e. The highest BCUT2D eigenvalue weighted by Gasteiger charge is 2.29. The van der Waals surface area contributed by atoms with E-state index in [0.29, 0.717) is 0 Å². The number of aryl methyl sites for hydroxylation is 1. The Morgan fingerprint density at radius 2 is 2.47 bits per heavy atom. The molecule has 0 bridgehead atoms. The molecule has 1 aliphatic rings. The van der Waals surface area contributed by atoms with Gasteiger partial charge in [-0.15, -0.1) is 11.3 Å². The Morgan fingerprint density at radius 3 is 3.18 bits per heavy atom. The van der Waals surface area contributed by atoms with Gasteiger partial charge in [-0.1, -0.05) is 6.92 Å². The summed E-state index contributed by atoms with van der Waals surface area (Å²) >= 11 is 3.59. The maximum atomic E-state index is 11.1. The number of carboxylic acid groups (broad SMARTS) is 1. The molecule has 0 aromatic carbocycles. The highest BCUT2D eigenvalue weighted by Crippen LogP contribution is 2.35. The van der Waals surface area contributed by atoms with Crippen LogP contribution in [-0.2, 0) is 17.0 Å². The van der Waals surface area contributed by atoms with Crippen LogP contribution in [0.5, 0.6) is 0 Å². The number of nitrogens with zero attached hydrogens (tertiary/aromatic N) is 1. The third-order valence-corrected chi connectivity index (χ3v) is 5.36. The predicted octanol–water partition coefficient (Wildman–Crippen LogP) is 3.29. The van der Waals surface area contributed by atoms with E-state index in [2.05, 4.69) is 11.9 Å². The summed E-state index contributed by atoms with van der Waals surface area (Å²) in [5, 5.41) is 10.3. The van der Waals surface area contributed by atoms with Gasteiger partial charge in [0.25, 0.3) is 0 Å². The molecule has 1 aliphatic carbocycles. The Labute approximate surface area is 110 Å². The van der Waals surface area contributed by atoms with E-state index >= 15 is 0 Å². The number of carboxylic acids is 1. The lowest BCUT2D eigenvalue weighted by Crippen LogP contribution is -2.17. The summed E-state index contributed by atoms with van der Waals surface area (Å²) in [5.74, 6) is 0.994. The fourth-order valence-corrected chi connectivity index (χ4v) is 4.20. The minimum absolute atomic E-state index is 0.361. The number of rotatable bonds is 5. The first-order valence-corrected chi connectivity index (χ1v) is 7.98. The summed E-state index contributed by atoms with van der Waals surface area (Å²) in [4.78, 5) is 16.9. The molecule has 2 rings (SSSR count). The number of carbonyl (C=O) groups is 1. The van der Waals surface area contributed by atoms with E-state index in [-0.39, 0.29) is 5.92 Å². The van der Waals surface area contributed by atoms with Crippen molar-refractivity contribution in [3.05, 3.63) is 15.6 Å². The van der Waals surface area contributed by atoms with Crippen molar-refractivity contribution in [2.75, 3.05) is 5.75 Å². The standard InChI is InChI=1S/C12H17NO2S2/c1-2-6-16-7-10-13-11-8(12(14)15)4-3-5-9(11)17-10/h8H,2-7H2,1H3,(H,14,15). The SMILES string of the molecule is CCCSCc1nc2c(s1)CCCC2C(=O)O. The zero-order chi connectivity index (χ0) is 12.3. The lowest BCUT2D eigenvalue weighted by atomic mass is 9.91. The maximum absolute atomic E-state index is 11.1. The summed E-state index contributed by atoms with van der Waals surface area (Å²) in [6, 6.07) is 0. The van der Waals surface area contributed by atoms with Crippen LogP contribution in [0.25, 0.3) is 0 Å². The van der Waals surface area contributed by atoms with Crippen LogP contribution < -0.4 is 0 Å². The maximum Gasteiger partial charge on any atom is 0.312 e. The topological polar surface area (TPSA) is 50.2 Å². The third-order valence-electron chi connectivity index (χ3n) is 2.87. The number of aliphatic carboxylic acids is 1. The Bertz CT molecular complexity index is 403. The van der Waals surface area contributed by atoms with Gasteiger partial charge in [0.2, 0.25) is 0 Å². The van der Waals surface area contributed by atoms with Crippen LogP contribution in [0, 0.1) is 0 Å². The molecule has 1 N–H and O–H groups in total. The first kappa shape index (κ1) is 12.9. The second-order valence-corrected chi connectivity index (χ2v) is 6.53. The molecule has 0 radical (unpaired) electrons. The first-order chi connectivity index (χ1) is 8.22. The summed E-state index contributed by atoms with van der Waals surface area (Å²) in [5.41, 5.74) is 0.848. The molecule has 0 spiro atoms. The minimum Gasteiger partial charge on any atom is -0.481 e. The van der Waals surface area contributed by atoms with Crippen LogP contribution in [0.1, 0.15) is 47.7 Å². The van der Waals surface area contributed by atoms with Crippen molar-refractivity contribution in [1.29, 1.82) is 0 Å². The van der Waals surface area contributed by atoms with Crippen molar-refractivity contribution in [2.24, 2.45) is 0 Å². The molecule has 0 amide bonds. The van der Waals surface area contributed by atoms with Gasteiger partial charge in [0.1, 0.15) is 5.01 Å². The quantitative estimate of drug-likeness (QED) is 0.835. The average molecular weight is 271 g/mol. The fraction of sp³-hybridized carbons (Fsp3) is 0.667. The van der Waals surface area contributed by atoms with Crippen LogP contribution in [-0.4, -0.2) is 21.8 Å². The van der Waals surface area contributed by atoms with Gasteiger partial charge >= 0.3 is 5.97 Å². The normalized spacial score (nSPS) is 19.0. The molecule has 94 valence electrons. The molecule has 0 aliphatic heterocycles. The van der Waals surface area contributed by atoms with E-state index in [4.69, 9.17) is 5.11 Å². The number of thioether (sulfide) groups is 1. The van der Waals surface area contributed by atoms with Gasteiger partial charge in [-0.3, -0.25) is 4.79 Å². The van der Waals surface area contributed by atoms with E-state index in [9.17, 15) is 4.79 Å². The van der Waals surface area contributed by atoms with Crippen molar-refractivity contribution >= 4 is 29.1 Å². The molecule has 0 saturated heterocycles. The second kappa shape index (κ2) is 5.87. The van der Waals surface area contributed by atoms with Crippen molar-refractivity contribution in [3.63, 3.8) is 0 Å². The monoisotopic (exact) mass is 271 g/mol. The molecular formula is C12H17NO2S2. The van der Waals surface area contributed by atoms with Crippen molar-refractivity contribution in [3.8, 4) is 0 Å². The highest BCUT2D eigenvalue weighted by atomic mass is 32.2. The molecule has 0 saturated carbocycles. The Kier molecular flexibility index (Phi) is 4.45. The van der Waals surface area contributed by atoms with Gasteiger partial charge < -0.3 is 5.11 Å². The van der Waals surface area contributed by atoms with Crippen LogP contribution in [0.15, 0.2) is 0 Å². The zero-order valence-corrected chi connectivity index (χ0v) is 11.6. The molecule has 1 unspecified atom stereocenters. The summed E-state index contributed by atoms with van der Waals surface area (Å²) in [6.45, 7) is 2.17. The van der Waals surface area contributed by atoms with Crippen molar-refractivity contribution in [1.82, 2.24) is 4.98 Å². The van der Waals surface area contributed by atoms with Gasteiger partial charge in [-0.25, -0.2) is 4.98 Å². The molecule has 1 aromatic rings. The number of hydrogen-bond donors (Lipinski definition) is 1. The van der Waals surface area contributed by atoms with Gasteiger partial charge in [0.05, 0.1) is 11.6 Å². The number of thiazole rings is 1. The fourth-order valence-electron chi connectivity index (χ4n) is 2.07. The Hall–Kier alpha value is -0.550. The molecular weight excluding hydrogens is 254 g/mol. The van der Waals surface area contributed by atoms with Crippen LogP contribution in [0.3, 0.4) is 0 Å². The van der Waals surface area contributed by atoms with Gasteiger partial charge in [-0.2, -0.15) is 11.8 Å². The van der Waals surface area contributed by atoms with E-state index < -0.39 is 5.97 Å². The molecule has 1 atom stereocenters. The summed E-state index contributed by atoms with van der Waals surface area (Å²) < 4.78 is 0. The zero-order valence-electron chi connectivity index (χ0n) is 9.94. The van der Waals surface area contributed by atoms with Crippen LogP contribution in [0.4, 0.5) is 0 Å². The van der Waals surface area contributed by atoms with Crippen molar-refractivity contribution in [2.45, 2.75) is 44.3 Å². The van der Waals surface area contributed by atoms with Crippen LogP contribution >= 0.6 is 23.1 Å². The van der Waals surface area contributed by atoms with Crippen molar-refractivity contribution < 1.29 is 9.90 Å². The van der Waals surface area contributed by atoms with E-state index in [0.717, 1.165) is 41.5 Å². The minimum atomic E-state index is -0.719. The van der Waals surface area contributed by atoms with Gasteiger partial charge in [0, 0.05) is 10.6 Å².